The number of aromatic nitrogens is 1. The van der Waals surface area contributed by atoms with Crippen LogP contribution in [0, 0.1) is 6.92 Å². The van der Waals surface area contributed by atoms with E-state index in [1.54, 1.807) is 0 Å². The fourth-order valence-corrected chi connectivity index (χ4v) is 2.62. The average Bonchev–Trinajstić information content (AvgIpc) is 2.57. The van der Waals surface area contributed by atoms with Gasteiger partial charge in [0, 0.05) is 16.8 Å². The molecular weight excluding hydrogens is 262 g/mol. The molecule has 1 heterocycles. The van der Waals surface area contributed by atoms with Gasteiger partial charge in [0.2, 0.25) is 0 Å². The molecule has 6 heteroatoms. The maximum absolute atomic E-state index is 11.7. The van der Waals surface area contributed by atoms with Gasteiger partial charge in [0.05, 0.1) is 5.69 Å². The number of amides is 1. The molecule has 1 amide bonds. The predicted molar refractivity (Wildman–Crippen MR) is 78.8 cm³/mol. The zero-order valence-corrected chi connectivity index (χ0v) is 13.3. The van der Waals surface area contributed by atoms with Gasteiger partial charge in [-0.3, -0.25) is 5.32 Å². The normalized spacial score (nSPS) is 12.4. The summed E-state index contributed by atoms with van der Waals surface area (Å²) in [5, 5.41) is 3.21. The maximum atomic E-state index is 11.7. The lowest BCUT2D eigenvalue weighted by Gasteiger charge is -2.21. The summed E-state index contributed by atoms with van der Waals surface area (Å²) in [6.07, 6.45) is -0.488. The van der Waals surface area contributed by atoms with Gasteiger partial charge in [-0.25, -0.2) is 9.78 Å². The third kappa shape index (κ3) is 4.47. The number of rotatable bonds is 3. The summed E-state index contributed by atoms with van der Waals surface area (Å²) in [4.78, 5) is 17.1. The molecule has 0 fully saturated rings. The van der Waals surface area contributed by atoms with E-state index in [1.807, 2.05) is 27.7 Å². The standard InChI is InChI=1S/C13H23N3O2S/c1-8-9(13(5,6)7-14)19-10(15-8)16-11(17)18-12(2,3)4/h7,14H2,1-6H3,(H,15,16,17). The number of ether oxygens (including phenoxy) is 1. The van der Waals surface area contributed by atoms with E-state index in [0.717, 1.165) is 10.6 Å². The number of thiazole rings is 1. The topological polar surface area (TPSA) is 77.2 Å². The molecule has 0 saturated heterocycles. The molecule has 3 N–H and O–H groups in total. The van der Waals surface area contributed by atoms with Gasteiger partial charge in [-0.15, -0.1) is 11.3 Å². The first-order chi connectivity index (χ1) is 8.55. The molecule has 0 saturated carbocycles. The average molecular weight is 285 g/mol. The number of hydrogen-bond acceptors (Lipinski definition) is 5. The lowest BCUT2D eigenvalue weighted by atomic mass is 9.91. The molecule has 0 aromatic carbocycles. The second-order valence-electron chi connectivity index (χ2n) is 6.15. The zero-order valence-electron chi connectivity index (χ0n) is 12.5. The molecule has 0 spiro atoms. The second-order valence-corrected chi connectivity index (χ2v) is 7.15. The Morgan fingerprint density at radius 3 is 2.42 bits per heavy atom. The zero-order chi connectivity index (χ0) is 14.8. The molecule has 1 rings (SSSR count). The van der Waals surface area contributed by atoms with Crippen molar-refractivity contribution in [3.8, 4) is 0 Å². The largest absolute Gasteiger partial charge is 0.444 e. The summed E-state index contributed by atoms with van der Waals surface area (Å²) in [7, 11) is 0. The van der Waals surface area contributed by atoms with E-state index in [0.29, 0.717) is 11.7 Å². The van der Waals surface area contributed by atoms with Crippen LogP contribution in [0.15, 0.2) is 0 Å². The summed E-state index contributed by atoms with van der Waals surface area (Å²) in [5.74, 6) is 0. The molecule has 1 aromatic rings. The fourth-order valence-electron chi connectivity index (χ4n) is 1.56. The molecule has 0 unspecified atom stereocenters. The van der Waals surface area contributed by atoms with Crippen molar-refractivity contribution in [2.45, 2.75) is 52.6 Å². The SMILES string of the molecule is Cc1nc(NC(=O)OC(C)(C)C)sc1C(C)(C)CN. The first-order valence-corrected chi connectivity index (χ1v) is 7.05. The highest BCUT2D eigenvalue weighted by Gasteiger charge is 2.25. The van der Waals surface area contributed by atoms with Crippen molar-refractivity contribution < 1.29 is 9.53 Å². The van der Waals surface area contributed by atoms with Crippen molar-refractivity contribution in [3.05, 3.63) is 10.6 Å². The summed E-state index contributed by atoms with van der Waals surface area (Å²) < 4.78 is 5.19. The quantitative estimate of drug-likeness (QED) is 0.895. The van der Waals surface area contributed by atoms with Gasteiger partial charge in [0.25, 0.3) is 0 Å². The van der Waals surface area contributed by atoms with E-state index in [9.17, 15) is 4.79 Å². The number of hydrogen-bond donors (Lipinski definition) is 2. The van der Waals surface area contributed by atoms with Crippen LogP contribution in [-0.2, 0) is 10.2 Å². The Morgan fingerprint density at radius 2 is 1.95 bits per heavy atom. The summed E-state index contributed by atoms with van der Waals surface area (Å²) in [6.45, 7) is 12.0. The number of nitrogens with one attached hydrogen (secondary N) is 1. The van der Waals surface area contributed by atoms with E-state index in [2.05, 4.69) is 24.1 Å². The molecule has 0 aliphatic carbocycles. The van der Waals surface area contributed by atoms with Gasteiger partial charge in [0.15, 0.2) is 5.13 Å². The second kappa shape index (κ2) is 5.46. The van der Waals surface area contributed by atoms with Gasteiger partial charge >= 0.3 is 6.09 Å². The fraction of sp³-hybridized carbons (Fsp3) is 0.692. The van der Waals surface area contributed by atoms with Crippen LogP contribution in [-0.4, -0.2) is 23.2 Å². The van der Waals surface area contributed by atoms with Crippen molar-refractivity contribution in [2.24, 2.45) is 5.73 Å². The first kappa shape index (κ1) is 15.9. The number of carbonyl (C=O) groups excluding carboxylic acids is 1. The van der Waals surface area contributed by atoms with Crippen LogP contribution in [0.5, 0.6) is 0 Å². The van der Waals surface area contributed by atoms with E-state index in [1.165, 1.54) is 11.3 Å². The van der Waals surface area contributed by atoms with Crippen molar-refractivity contribution >= 4 is 22.6 Å². The van der Waals surface area contributed by atoms with E-state index >= 15 is 0 Å². The van der Waals surface area contributed by atoms with Crippen molar-refractivity contribution in [1.82, 2.24) is 4.98 Å². The molecule has 1 aromatic heterocycles. The summed E-state index contributed by atoms with van der Waals surface area (Å²) in [5.41, 5.74) is 6.00. The Morgan fingerprint density at radius 1 is 1.37 bits per heavy atom. The molecule has 0 radical (unpaired) electrons. The van der Waals surface area contributed by atoms with Crippen LogP contribution in [0.1, 0.15) is 45.2 Å². The van der Waals surface area contributed by atoms with Crippen LogP contribution < -0.4 is 11.1 Å². The van der Waals surface area contributed by atoms with Gasteiger partial charge in [0.1, 0.15) is 5.60 Å². The monoisotopic (exact) mass is 285 g/mol. The van der Waals surface area contributed by atoms with Crippen LogP contribution in [0.25, 0.3) is 0 Å². The van der Waals surface area contributed by atoms with Crippen molar-refractivity contribution in [1.29, 1.82) is 0 Å². The number of nitrogens with zero attached hydrogens (tertiary/aromatic N) is 1. The number of nitrogens with two attached hydrogens (primary N) is 1. The Bertz CT molecular complexity index is 461. The number of carbonyl (C=O) groups is 1. The highest BCUT2D eigenvalue weighted by atomic mass is 32.1. The minimum Gasteiger partial charge on any atom is -0.444 e. The Balaban J connectivity index is 2.83. The smallest absolute Gasteiger partial charge is 0.413 e. The van der Waals surface area contributed by atoms with E-state index < -0.39 is 11.7 Å². The van der Waals surface area contributed by atoms with E-state index in [-0.39, 0.29) is 5.41 Å². The van der Waals surface area contributed by atoms with Gasteiger partial charge in [-0.2, -0.15) is 0 Å². The molecule has 19 heavy (non-hydrogen) atoms. The molecule has 0 aliphatic heterocycles. The van der Waals surface area contributed by atoms with Gasteiger partial charge < -0.3 is 10.5 Å². The minimum atomic E-state index is -0.518. The lowest BCUT2D eigenvalue weighted by Crippen LogP contribution is -2.27. The highest BCUT2D eigenvalue weighted by Crippen LogP contribution is 2.33. The molecule has 108 valence electrons. The number of anilines is 1. The van der Waals surface area contributed by atoms with Crippen LogP contribution >= 0.6 is 11.3 Å². The minimum absolute atomic E-state index is 0.143. The first-order valence-electron chi connectivity index (χ1n) is 6.23. The third-order valence-electron chi connectivity index (χ3n) is 2.53. The number of aryl methyl sites for hydroxylation is 1. The third-order valence-corrected chi connectivity index (χ3v) is 3.97. The Kier molecular flexibility index (Phi) is 4.58. The summed E-state index contributed by atoms with van der Waals surface area (Å²) in [6, 6.07) is 0. The van der Waals surface area contributed by atoms with Crippen LogP contribution in [0.3, 0.4) is 0 Å². The molecular formula is C13H23N3O2S. The maximum Gasteiger partial charge on any atom is 0.413 e. The van der Waals surface area contributed by atoms with Gasteiger partial charge in [-0.1, -0.05) is 13.8 Å². The van der Waals surface area contributed by atoms with Gasteiger partial charge in [-0.05, 0) is 27.7 Å². The lowest BCUT2D eigenvalue weighted by molar-refractivity contribution is 0.0636. The van der Waals surface area contributed by atoms with Crippen LogP contribution in [0.2, 0.25) is 0 Å². The van der Waals surface area contributed by atoms with E-state index in [4.69, 9.17) is 10.5 Å². The predicted octanol–water partition coefficient (Wildman–Crippen LogP) is 3.03. The molecule has 0 atom stereocenters. The van der Waals surface area contributed by atoms with Crippen molar-refractivity contribution in [3.63, 3.8) is 0 Å². The molecule has 0 bridgehead atoms. The molecule has 5 nitrogen and oxygen atoms in total. The summed E-state index contributed by atoms with van der Waals surface area (Å²) >= 11 is 1.44. The van der Waals surface area contributed by atoms with Crippen molar-refractivity contribution in [2.75, 3.05) is 11.9 Å². The Hall–Kier alpha value is -1.14. The molecule has 0 aliphatic rings. The Labute approximate surface area is 118 Å². The highest BCUT2D eigenvalue weighted by molar-refractivity contribution is 7.16. The van der Waals surface area contributed by atoms with Crippen LogP contribution in [0.4, 0.5) is 9.93 Å².